The van der Waals surface area contributed by atoms with Crippen LogP contribution in [0.5, 0.6) is 0 Å². The second-order valence-electron chi connectivity index (χ2n) is 16.7. The number of hydrogen-bond donors (Lipinski definition) is 0. The molecule has 5 heteroatoms. The van der Waals surface area contributed by atoms with Crippen LogP contribution in [-0.4, -0.2) is 0 Å². The second-order valence-corrected chi connectivity index (χ2v) is 21.4. The van der Waals surface area contributed by atoms with E-state index in [2.05, 4.69) is 177 Å². The summed E-state index contributed by atoms with van der Waals surface area (Å²) in [5.74, 6) is 0. The van der Waals surface area contributed by atoms with Gasteiger partial charge in [-0.15, -0.1) is 0 Å². The largest absolute Gasteiger partial charge is 1.00 e. The average molecular weight is 834 g/mol. The normalized spacial score (nSPS) is 16.0. The summed E-state index contributed by atoms with van der Waals surface area (Å²) in [6.45, 7) is 18.4. The molecule has 2 heterocycles. The zero-order valence-electron chi connectivity index (χ0n) is 33.2. The van der Waals surface area contributed by atoms with E-state index in [0.717, 1.165) is 12.8 Å². The zero-order valence-corrected chi connectivity index (χ0v) is 37.9. The van der Waals surface area contributed by atoms with Crippen LogP contribution in [0.3, 0.4) is 0 Å². The molecule has 0 spiro atoms. The van der Waals surface area contributed by atoms with Gasteiger partial charge in [-0.3, -0.25) is 0 Å². The van der Waals surface area contributed by atoms with Gasteiger partial charge < -0.3 is 24.8 Å². The molecule has 8 rings (SSSR count). The molecule has 0 fully saturated rings. The summed E-state index contributed by atoms with van der Waals surface area (Å²) >= 11 is 3.39. The summed E-state index contributed by atoms with van der Waals surface area (Å²) in [6, 6.07) is 42.5. The smallest absolute Gasteiger partial charge is 1.00 e. The maximum atomic E-state index is 2.58. The summed E-state index contributed by atoms with van der Waals surface area (Å²) in [7, 11) is 0. The van der Waals surface area contributed by atoms with Gasteiger partial charge in [-0.2, -0.15) is 0 Å². The van der Waals surface area contributed by atoms with Crippen molar-refractivity contribution < 1.29 is 44.0 Å². The maximum absolute atomic E-state index is 2.58. The van der Waals surface area contributed by atoms with E-state index in [4.69, 9.17) is 0 Å². The van der Waals surface area contributed by atoms with Crippen molar-refractivity contribution in [2.75, 3.05) is 0 Å². The van der Waals surface area contributed by atoms with E-state index in [9.17, 15) is 0 Å². The molecule has 2 aromatic heterocycles. The fourth-order valence-corrected chi connectivity index (χ4v) is 13.5. The van der Waals surface area contributed by atoms with Crippen LogP contribution < -0.4 is 24.8 Å². The molecular formula is C50H50Cl2S2Ti. The predicted octanol–water partition coefficient (Wildman–Crippen LogP) is 8.84. The van der Waals surface area contributed by atoms with Crippen molar-refractivity contribution in [2.24, 2.45) is 0 Å². The summed E-state index contributed by atoms with van der Waals surface area (Å²) in [5.41, 5.74) is 17.3. The molecule has 2 aliphatic rings. The fourth-order valence-electron chi connectivity index (χ4n) is 8.01. The SMILES string of the molecule is CCc1ccc(C2=Cc3c(-c4ccc(C(C)(C)C)cc4)cccc3[CH]2[Ti+2][CH]2C(c3ccc(CC)s3)=Cc3c(-c4ccc(C(C)(C)C)cc4)cccc32)s1.[Cl-].[Cl-]. The molecule has 0 bridgehead atoms. The third-order valence-electron chi connectivity index (χ3n) is 11.2. The van der Waals surface area contributed by atoms with Crippen molar-refractivity contribution in [3.05, 3.63) is 162 Å². The number of aryl methyl sites for hydroxylation is 2. The fraction of sp³-hybridized carbons (Fsp3) is 0.280. The Balaban J connectivity index is 0.00000257. The van der Waals surface area contributed by atoms with Crippen LogP contribution in [0.1, 0.15) is 117 Å². The molecule has 2 atom stereocenters. The Morgan fingerprint density at radius 1 is 0.491 bits per heavy atom. The van der Waals surface area contributed by atoms with E-state index in [1.807, 2.05) is 22.7 Å². The van der Waals surface area contributed by atoms with Crippen molar-refractivity contribution in [3.63, 3.8) is 0 Å². The molecule has 55 heavy (non-hydrogen) atoms. The first kappa shape index (κ1) is 41.7. The first-order valence-electron chi connectivity index (χ1n) is 19.3. The van der Waals surface area contributed by atoms with Crippen LogP contribution in [-0.2, 0) is 42.8 Å². The zero-order chi connectivity index (χ0) is 37.1. The molecule has 0 saturated carbocycles. The quantitative estimate of drug-likeness (QED) is 0.135. The summed E-state index contributed by atoms with van der Waals surface area (Å²) in [4.78, 5) is 5.82. The molecule has 2 unspecified atom stereocenters. The Morgan fingerprint density at radius 2 is 0.873 bits per heavy atom. The van der Waals surface area contributed by atoms with Crippen LogP contribution in [0.25, 0.3) is 45.6 Å². The van der Waals surface area contributed by atoms with Crippen LogP contribution in [0.4, 0.5) is 0 Å². The van der Waals surface area contributed by atoms with Crippen molar-refractivity contribution in [3.8, 4) is 22.3 Å². The first-order valence-corrected chi connectivity index (χ1v) is 22.7. The average Bonchev–Trinajstić information content (AvgIpc) is 3.96. The maximum Gasteiger partial charge on any atom is -1.00 e. The summed E-state index contributed by atoms with van der Waals surface area (Å²) < 4.78 is 0.837. The molecule has 2 aliphatic carbocycles. The first-order chi connectivity index (χ1) is 25.4. The molecule has 0 nitrogen and oxygen atoms in total. The molecule has 4 aromatic carbocycles. The minimum absolute atomic E-state index is 0. The number of halogens is 2. The Hall–Kier alpha value is -2.95. The van der Waals surface area contributed by atoms with Gasteiger partial charge in [0.15, 0.2) is 0 Å². The van der Waals surface area contributed by atoms with Gasteiger partial charge in [-0.1, -0.05) is 0 Å². The van der Waals surface area contributed by atoms with E-state index >= 15 is 0 Å². The molecule has 0 N–H and O–H groups in total. The van der Waals surface area contributed by atoms with Crippen LogP contribution in [0.2, 0.25) is 0 Å². The molecule has 0 radical (unpaired) electrons. The van der Waals surface area contributed by atoms with Gasteiger partial charge in [0.1, 0.15) is 0 Å². The van der Waals surface area contributed by atoms with Gasteiger partial charge in [-0.05, 0) is 0 Å². The van der Waals surface area contributed by atoms with Gasteiger partial charge in [-0.25, -0.2) is 0 Å². The monoisotopic (exact) mass is 832 g/mol. The topological polar surface area (TPSA) is 0 Å². The third kappa shape index (κ3) is 8.11. The number of allylic oxidation sites excluding steroid dienone is 2. The Labute approximate surface area is 359 Å². The second kappa shape index (κ2) is 16.5. The standard InChI is InChI=1S/2C25H25S.2ClH.Ti/c2*1-5-21-13-14-24(26-21)19-15-18-7-6-8-22(23(18)16-19)17-9-11-20(12-10-17)25(2,3)4;;;/h2*6-16H,5H2,1-4H3;2*1H;/q;;;;+2/p-2. The molecule has 0 amide bonds. The number of benzene rings is 4. The van der Waals surface area contributed by atoms with E-state index < -0.39 is 19.2 Å². The van der Waals surface area contributed by atoms with E-state index in [-0.39, 0.29) is 35.6 Å². The Morgan fingerprint density at radius 3 is 1.20 bits per heavy atom. The van der Waals surface area contributed by atoms with E-state index in [0.29, 0.717) is 8.45 Å². The molecule has 0 saturated heterocycles. The van der Waals surface area contributed by atoms with Crippen molar-refractivity contribution in [1.29, 1.82) is 0 Å². The Kier molecular flexibility index (Phi) is 12.5. The number of fused-ring (bicyclic) bond motifs is 2. The number of rotatable bonds is 8. The van der Waals surface area contributed by atoms with E-state index in [1.165, 1.54) is 86.3 Å². The van der Waals surface area contributed by atoms with Crippen molar-refractivity contribution in [2.45, 2.75) is 87.5 Å². The van der Waals surface area contributed by atoms with E-state index in [1.54, 1.807) is 0 Å². The predicted molar refractivity (Wildman–Crippen MR) is 230 cm³/mol. The van der Waals surface area contributed by atoms with Crippen LogP contribution in [0.15, 0.2) is 109 Å². The number of thiophene rings is 2. The molecular weight excluding hydrogens is 783 g/mol. The van der Waals surface area contributed by atoms with Crippen LogP contribution >= 0.6 is 22.7 Å². The molecule has 0 aliphatic heterocycles. The van der Waals surface area contributed by atoms with Gasteiger partial charge >= 0.3 is 337 Å². The third-order valence-corrected chi connectivity index (χ3v) is 16.7. The van der Waals surface area contributed by atoms with Crippen LogP contribution in [0, 0.1) is 0 Å². The summed E-state index contributed by atoms with van der Waals surface area (Å²) in [5, 5.41) is 0. The minimum atomic E-state index is -0.612. The van der Waals surface area contributed by atoms with Crippen molar-refractivity contribution >= 4 is 46.0 Å². The molecule has 280 valence electrons. The van der Waals surface area contributed by atoms with Gasteiger partial charge in [0.2, 0.25) is 0 Å². The summed E-state index contributed by atoms with van der Waals surface area (Å²) in [6.07, 6.45) is 7.32. The minimum Gasteiger partial charge on any atom is -1.00 e. The van der Waals surface area contributed by atoms with Gasteiger partial charge in [0.25, 0.3) is 0 Å². The van der Waals surface area contributed by atoms with Gasteiger partial charge in [0.05, 0.1) is 0 Å². The number of hydrogen-bond acceptors (Lipinski definition) is 2. The molecule has 6 aromatic rings. The van der Waals surface area contributed by atoms with Crippen molar-refractivity contribution in [1.82, 2.24) is 0 Å². The van der Waals surface area contributed by atoms with Gasteiger partial charge in [0, 0.05) is 0 Å². The Bertz CT molecular complexity index is 2190.